The van der Waals surface area contributed by atoms with Crippen LogP contribution in [0.15, 0.2) is 36.4 Å². The summed E-state index contributed by atoms with van der Waals surface area (Å²) in [6, 6.07) is 10.8. The van der Waals surface area contributed by atoms with Crippen LogP contribution in [0.4, 0.5) is 0 Å². The fraction of sp³-hybridized carbons (Fsp3) is 0.320. The van der Waals surface area contributed by atoms with Crippen molar-refractivity contribution >= 4 is 29.1 Å². The molecule has 0 saturated carbocycles. The number of carbonyl (C=O) groups excluding carboxylic acids is 1. The Morgan fingerprint density at radius 3 is 2.65 bits per heavy atom. The highest BCUT2D eigenvalue weighted by molar-refractivity contribution is 6.35. The largest absolute Gasteiger partial charge is 0.482 e. The average molecular weight is 539 g/mol. The molecule has 0 unspecified atom stereocenters. The molecule has 12 heteroatoms. The number of amides is 1. The number of aromatic amines is 1. The molecule has 0 bridgehead atoms. The van der Waals surface area contributed by atoms with Gasteiger partial charge in [-0.2, -0.15) is 10.3 Å². The van der Waals surface area contributed by atoms with E-state index >= 15 is 0 Å². The summed E-state index contributed by atoms with van der Waals surface area (Å²) in [4.78, 5) is 13.6. The molecule has 2 aliphatic rings. The molecule has 0 aliphatic carbocycles. The second kappa shape index (κ2) is 9.13. The summed E-state index contributed by atoms with van der Waals surface area (Å²) in [6.45, 7) is 5.45. The number of tetrazole rings is 1. The number of hydrogen-bond donors (Lipinski definition) is 2. The van der Waals surface area contributed by atoms with E-state index in [9.17, 15) is 4.79 Å². The van der Waals surface area contributed by atoms with E-state index in [0.29, 0.717) is 32.9 Å². The Bertz CT molecular complexity index is 1490. The molecule has 2 N–H and O–H groups in total. The van der Waals surface area contributed by atoms with Crippen molar-refractivity contribution in [2.45, 2.75) is 38.7 Å². The molecule has 1 amide bonds. The van der Waals surface area contributed by atoms with E-state index in [2.05, 4.69) is 26.0 Å². The van der Waals surface area contributed by atoms with E-state index in [1.165, 1.54) is 0 Å². The monoisotopic (exact) mass is 538 g/mol. The van der Waals surface area contributed by atoms with E-state index in [4.69, 9.17) is 33.0 Å². The summed E-state index contributed by atoms with van der Waals surface area (Å²) in [7, 11) is 0. The Labute approximate surface area is 222 Å². The number of hydrazine groups is 1. The molecule has 0 spiro atoms. The molecule has 6 rings (SSSR count). The van der Waals surface area contributed by atoms with Crippen LogP contribution in [0.2, 0.25) is 10.0 Å². The molecule has 2 aromatic carbocycles. The summed E-state index contributed by atoms with van der Waals surface area (Å²) < 4.78 is 8.18. The third-order valence-electron chi connectivity index (χ3n) is 6.66. The molecule has 1 saturated heterocycles. The van der Waals surface area contributed by atoms with Gasteiger partial charge in [0.25, 0.3) is 5.91 Å². The first-order valence-electron chi connectivity index (χ1n) is 12.0. The number of halogens is 2. The molecule has 2 aliphatic heterocycles. The SMILES string of the molecule is CC1(C)Oc2cc(-c3nn[nH]n3)ccc2-c2c1c(C(=O)NN1CCCCC1)nn2-c1ccc(Cl)cc1Cl. The van der Waals surface area contributed by atoms with Gasteiger partial charge in [0.15, 0.2) is 5.69 Å². The van der Waals surface area contributed by atoms with Crippen LogP contribution in [-0.4, -0.2) is 54.4 Å². The van der Waals surface area contributed by atoms with Gasteiger partial charge in [-0.25, -0.2) is 9.69 Å². The zero-order valence-corrected chi connectivity index (χ0v) is 21.8. The van der Waals surface area contributed by atoms with Crippen molar-refractivity contribution in [2.75, 3.05) is 13.1 Å². The Morgan fingerprint density at radius 1 is 1.11 bits per heavy atom. The van der Waals surface area contributed by atoms with Crippen LogP contribution < -0.4 is 10.2 Å². The quantitative estimate of drug-likeness (QED) is 0.384. The zero-order valence-electron chi connectivity index (χ0n) is 20.3. The van der Waals surface area contributed by atoms with Crippen LogP contribution in [0, 0.1) is 0 Å². The Kier molecular flexibility index (Phi) is 5.89. The number of rotatable bonds is 4. The van der Waals surface area contributed by atoms with Gasteiger partial charge in [0.2, 0.25) is 5.82 Å². The van der Waals surface area contributed by atoms with Crippen molar-refractivity contribution in [1.82, 2.24) is 40.8 Å². The Morgan fingerprint density at radius 2 is 1.92 bits per heavy atom. The molecule has 10 nitrogen and oxygen atoms in total. The van der Waals surface area contributed by atoms with Gasteiger partial charge in [-0.05, 0) is 62.2 Å². The predicted octanol–water partition coefficient (Wildman–Crippen LogP) is 4.78. The number of carbonyl (C=O) groups is 1. The lowest BCUT2D eigenvalue weighted by Crippen LogP contribution is -2.46. The molecule has 37 heavy (non-hydrogen) atoms. The van der Waals surface area contributed by atoms with Gasteiger partial charge in [0, 0.05) is 29.2 Å². The highest BCUT2D eigenvalue weighted by Gasteiger charge is 2.42. The third-order valence-corrected chi connectivity index (χ3v) is 7.20. The topological polar surface area (TPSA) is 114 Å². The van der Waals surface area contributed by atoms with Crippen LogP contribution in [-0.2, 0) is 5.60 Å². The van der Waals surface area contributed by atoms with Crippen molar-refractivity contribution < 1.29 is 9.53 Å². The average Bonchev–Trinajstić information content (AvgIpc) is 3.54. The molecular weight excluding hydrogens is 515 g/mol. The minimum Gasteiger partial charge on any atom is -0.482 e. The third kappa shape index (κ3) is 4.24. The lowest BCUT2D eigenvalue weighted by molar-refractivity contribution is 0.0720. The van der Waals surface area contributed by atoms with Crippen LogP contribution >= 0.6 is 23.2 Å². The first-order valence-corrected chi connectivity index (χ1v) is 12.8. The first-order chi connectivity index (χ1) is 17.8. The highest BCUT2D eigenvalue weighted by atomic mass is 35.5. The summed E-state index contributed by atoms with van der Waals surface area (Å²) in [5, 5.41) is 22.0. The number of hydrogen-bond acceptors (Lipinski definition) is 7. The van der Waals surface area contributed by atoms with Gasteiger partial charge in [-0.1, -0.05) is 35.7 Å². The number of fused-ring (bicyclic) bond motifs is 3. The lowest BCUT2D eigenvalue weighted by Gasteiger charge is -2.34. The number of nitrogens with one attached hydrogen (secondary N) is 2. The van der Waals surface area contributed by atoms with E-state index < -0.39 is 5.60 Å². The maximum atomic E-state index is 13.6. The van der Waals surface area contributed by atoms with Crippen LogP contribution in [0.1, 0.15) is 49.2 Å². The number of H-pyrrole nitrogens is 1. The maximum absolute atomic E-state index is 13.6. The van der Waals surface area contributed by atoms with E-state index in [0.717, 1.165) is 49.2 Å². The molecule has 1 fully saturated rings. The summed E-state index contributed by atoms with van der Waals surface area (Å²) in [6.07, 6.45) is 3.24. The summed E-state index contributed by atoms with van der Waals surface area (Å²) >= 11 is 12.8. The number of aromatic nitrogens is 6. The number of piperidine rings is 1. The molecule has 2 aromatic heterocycles. The smallest absolute Gasteiger partial charge is 0.286 e. The van der Waals surface area contributed by atoms with Crippen molar-refractivity contribution in [2.24, 2.45) is 0 Å². The second-order valence-corrected chi connectivity index (χ2v) is 10.5. The van der Waals surface area contributed by atoms with Crippen LogP contribution in [0.3, 0.4) is 0 Å². The fourth-order valence-electron chi connectivity index (χ4n) is 4.98. The Hall–Kier alpha value is -3.47. The van der Waals surface area contributed by atoms with Gasteiger partial charge >= 0.3 is 0 Å². The van der Waals surface area contributed by atoms with Gasteiger partial charge < -0.3 is 4.74 Å². The lowest BCUT2D eigenvalue weighted by atomic mass is 9.88. The normalized spacial score (nSPS) is 16.5. The van der Waals surface area contributed by atoms with E-state index in [1.54, 1.807) is 22.9 Å². The molecule has 4 aromatic rings. The maximum Gasteiger partial charge on any atom is 0.286 e. The van der Waals surface area contributed by atoms with Gasteiger partial charge in [-0.15, -0.1) is 10.2 Å². The van der Waals surface area contributed by atoms with Crippen molar-refractivity contribution in [1.29, 1.82) is 0 Å². The molecule has 4 heterocycles. The predicted molar refractivity (Wildman–Crippen MR) is 139 cm³/mol. The van der Waals surface area contributed by atoms with Gasteiger partial charge in [0.05, 0.1) is 22.0 Å². The zero-order chi connectivity index (χ0) is 25.7. The number of nitrogens with zero attached hydrogens (tertiary/aromatic N) is 6. The minimum absolute atomic E-state index is 0.282. The standard InChI is InChI=1S/C25H24Cl2N8O2/c1-25(2)20-21(24(36)31-34-10-4-3-5-11-34)30-35(18-9-7-15(26)13-17(18)27)22(20)16-8-6-14(12-19(16)37-25)23-28-32-33-29-23/h6-9,12-13H,3-5,10-11H2,1-2H3,(H,31,36)(H,28,29,32,33). The van der Waals surface area contributed by atoms with E-state index in [-0.39, 0.29) is 11.6 Å². The van der Waals surface area contributed by atoms with Gasteiger partial charge in [-0.3, -0.25) is 10.2 Å². The molecule has 0 radical (unpaired) electrons. The first kappa shape index (κ1) is 23.9. The molecule has 190 valence electrons. The van der Waals surface area contributed by atoms with Crippen molar-refractivity contribution in [3.8, 4) is 34.1 Å². The minimum atomic E-state index is -0.885. The van der Waals surface area contributed by atoms with Crippen LogP contribution in [0.5, 0.6) is 5.75 Å². The van der Waals surface area contributed by atoms with Crippen LogP contribution in [0.25, 0.3) is 28.3 Å². The van der Waals surface area contributed by atoms with Gasteiger partial charge in [0.1, 0.15) is 11.4 Å². The molecule has 0 atom stereocenters. The summed E-state index contributed by atoms with van der Waals surface area (Å²) in [5.74, 6) is 0.769. The number of benzene rings is 2. The van der Waals surface area contributed by atoms with E-state index in [1.807, 2.05) is 37.1 Å². The number of ether oxygens (including phenoxy) is 1. The second-order valence-electron chi connectivity index (χ2n) is 9.63. The Balaban J connectivity index is 1.54. The van der Waals surface area contributed by atoms with Crippen molar-refractivity contribution in [3.05, 3.63) is 57.7 Å². The fourth-order valence-corrected chi connectivity index (χ4v) is 5.47. The molecular formula is C25H24Cl2N8O2. The highest BCUT2D eigenvalue weighted by Crippen LogP contribution is 2.48. The van der Waals surface area contributed by atoms with Crippen molar-refractivity contribution in [3.63, 3.8) is 0 Å². The summed E-state index contributed by atoms with van der Waals surface area (Å²) in [5.41, 5.74) is 5.94.